The highest BCUT2D eigenvalue weighted by molar-refractivity contribution is 5.73. The summed E-state index contributed by atoms with van der Waals surface area (Å²) >= 11 is 0. The second kappa shape index (κ2) is 1.38. The van der Waals surface area contributed by atoms with E-state index >= 15 is 0 Å². The Balaban J connectivity index is 1.92. The predicted octanol–water partition coefficient (Wildman–Crippen LogP) is 1.28. The van der Waals surface area contributed by atoms with E-state index in [2.05, 4.69) is 12.2 Å². The lowest BCUT2D eigenvalue weighted by Gasteiger charge is -2.24. The Labute approximate surface area is 64.9 Å². The van der Waals surface area contributed by atoms with Crippen molar-refractivity contribution in [2.24, 2.45) is 23.2 Å². The summed E-state index contributed by atoms with van der Waals surface area (Å²) in [6.45, 7) is 0. The molecular formula is C9H10O2. The Bertz CT molecular complexity index is 269. The van der Waals surface area contributed by atoms with Gasteiger partial charge in [-0.15, -0.1) is 0 Å². The van der Waals surface area contributed by atoms with Gasteiger partial charge in [0.15, 0.2) is 0 Å². The largest absolute Gasteiger partial charge is 0.481 e. The topological polar surface area (TPSA) is 37.3 Å². The van der Waals surface area contributed by atoms with Crippen molar-refractivity contribution in [3.05, 3.63) is 12.2 Å². The van der Waals surface area contributed by atoms with E-state index in [0.717, 1.165) is 12.8 Å². The summed E-state index contributed by atoms with van der Waals surface area (Å²) in [4.78, 5) is 10.7. The third-order valence-electron chi connectivity index (χ3n) is 3.74. The van der Waals surface area contributed by atoms with Gasteiger partial charge < -0.3 is 5.11 Å². The monoisotopic (exact) mass is 150 g/mol. The van der Waals surface area contributed by atoms with Gasteiger partial charge in [-0.05, 0) is 30.1 Å². The molecule has 0 bridgehead atoms. The maximum absolute atomic E-state index is 10.7. The fourth-order valence-corrected chi connectivity index (χ4v) is 2.95. The van der Waals surface area contributed by atoms with Crippen molar-refractivity contribution in [3.8, 4) is 0 Å². The fraction of sp³-hybridized carbons (Fsp3) is 0.667. The van der Waals surface area contributed by atoms with E-state index in [4.69, 9.17) is 5.11 Å². The minimum Gasteiger partial charge on any atom is -0.481 e. The van der Waals surface area contributed by atoms with Gasteiger partial charge in [-0.25, -0.2) is 0 Å². The molecule has 3 aliphatic carbocycles. The summed E-state index contributed by atoms with van der Waals surface area (Å²) in [5.41, 5.74) is 0.392. The molecule has 58 valence electrons. The minimum atomic E-state index is -0.580. The maximum atomic E-state index is 10.7. The molecule has 1 N–H and O–H groups in total. The molecule has 0 aromatic rings. The van der Waals surface area contributed by atoms with Crippen LogP contribution < -0.4 is 0 Å². The molecule has 11 heavy (non-hydrogen) atoms. The molecule has 2 unspecified atom stereocenters. The molecule has 3 rings (SSSR count). The van der Waals surface area contributed by atoms with Gasteiger partial charge in [0.1, 0.15) is 0 Å². The van der Waals surface area contributed by atoms with Crippen LogP contribution in [0.5, 0.6) is 0 Å². The van der Waals surface area contributed by atoms with Gasteiger partial charge in [0.25, 0.3) is 0 Å². The van der Waals surface area contributed by atoms with Crippen molar-refractivity contribution in [1.29, 1.82) is 0 Å². The molecule has 0 saturated heterocycles. The van der Waals surface area contributed by atoms with Gasteiger partial charge >= 0.3 is 5.97 Å². The van der Waals surface area contributed by atoms with Crippen LogP contribution in [-0.2, 0) is 4.79 Å². The van der Waals surface area contributed by atoms with Crippen LogP contribution in [-0.4, -0.2) is 11.1 Å². The number of carboxylic acid groups (broad SMARTS) is 1. The zero-order chi connectivity index (χ0) is 7.64. The summed E-state index contributed by atoms with van der Waals surface area (Å²) in [5, 5.41) is 8.84. The van der Waals surface area contributed by atoms with E-state index in [1.165, 1.54) is 0 Å². The van der Waals surface area contributed by atoms with Crippen LogP contribution in [0.25, 0.3) is 0 Å². The zero-order valence-corrected chi connectivity index (χ0v) is 6.16. The first-order valence-electron chi connectivity index (χ1n) is 4.16. The van der Waals surface area contributed by atoms with E-state index in [0.29, 0.717) is 17.3 Å². The van der Waals surface area contributed by atoms with Crippen LogP contribution >= 0.6 is 0 Å². The summed E-state index contributed by atoms with van der Waals surface area (Å²) < 4.78 is 0. The summed E-state index contributed by atoms with van der Waals surface area (Å²) in [6, 6.07) is 0. The number of rotatable bonds is 1. The molecule has 4 atom stereocenters. The highest BCUT2D eigenvalue weighted by Gasteiger charge is 2.69. The van der Waals surface area contributed by atoms with Gasteiger partial charge in [0.2, 0.25) is 0 Å². The van der Waals surface area contributed by atoms with Crippen molar-refractivity contribution in [3.63, 3.8) is 0 Å². The summed E-state index contributed by atoms with van der Waals surface area (Å²) in [7, 11) is 0. The van der Waals surface area contributed by atoms with E-state index in [-0.39, 0.29) is 5.92 Å². The van der Waals surface area contributed by atoms with Crippen LogP contribution in [0.4, 0.5) is 0 Å². The average Bonchev–Trinajstić information content (AvgIpc) is 2.58. The molecule has 0 aromatic carbocycles. The van der Waals surface area contributed by atoms with Crippen LogP contribution in [0.15, 0.2) is 12.2 Å². The molecule has 0 heterocycles. The first-order valence-corrected chi connectivity index (χ1v) is 4.16. The third-order valence-corrected chi connectivity index (χ3v) is 3.74. The van der Waals surface area contributed by atoms with Gasteiger partial charge in [0, 0.05) is 0 Å². The van der Waals surface area contributed by atoms with Crippen molar-refractivity contribution >= 4 is 5.97 Å². The number of allylic oxidation sites excluding steroid dienone is 2. The number of hydrogen-bond acceptors (Lipinski definition) is 1. The summed E-state index contributed by atoms with van der Waals surface area (Å²) in [6.07, 6.45) is 6.45. The quantitative estimate of drug-likeness (QED) is 0.572. The van der Waals surface area contributed by atoms with Gasteiger partial charge in [-0.1, -0.05) is 12.2 Å². The number of hydrogen-bond donors (Lipinski definition) is 1. The highest BCUT2D eigenvalue weighted by Crippen LogP contribution is 2.74. The Morgan fingerprint density at radius 1 is 1.64 bits per heavy atom. The molecular weight excluding hydrogens is 140 g/mol. The van der Waals surface area contributed by atoms with E-state index in [1.807, 2.05) is 0 Å². The Hall–Kier alpha value is -0.790. The highest BCUT2D eigenvalue weighted by atomic mass is 16.4. The molecule has 1 spiro atoms. The van der Waals surface area contributed by atoms with E-state index in [9.17, 15) is 4.79 Å². The molecule has 3 aliphatic rings. The molecule has 0 radical (unpaired) electrons. The SMILES string of the molecule is O=C(O)[C@H]1C[C@@H]2C=CC23CC13. The second-order valence-corrected chi connectivity index (χ2v) is 4.07. The van der Waals surface area contributed by atoms with Gasteiger partial charge in [-0.2, -0.15) is 0 Å². The molecule has 2 nitrogen and oxygen atoms in total. The lowest BCUT2D eigenvalue weighted by Crippen LogP contribution is -2.17. The van der Waals surface area contributed by atoms with E-state index < -0.39 is 5.97 Å². The lowest BCUT2D eigenvalue weighted by atomic mass is 9.80. The van der Waals surface area contributed by atoms with Crippen LogP contribution in [0.3, 0.4) is 0 Å². The van der Waals surface area contributed by atoms with E-state index in [1.54, 1.807) is 0 Å². The van der Waals surface area contributed by atoms with Gasteiger partial charge in [-0.3, -0.25) is 4.79 Å². The maximum Gasteiger partial charge on any atom is 0.306 e. The molecule has 2 heteroatoms. The Kier molecular flexibility index (Phi) is 0.729. The second-order valence-electron chi connectivity index (χ2n) is 4.07. The first kappa shape index (κ1) is 5.81. The minimum absolute atomic E-state index is 0.0324. The van der Waals surface area contributed by atoms with Crippen molar-refractivity contribution in [1.82, 2.24) is 0 Å². The van der Waals surface area contributed by atoms with Crippen molar-refractivity contribution < 1.29 is 9.90 Å². The number of carbonyl (C=O) groups is 1. The summed E-state index contributed by atoms with van der Waals surface area (Å²) in [5.74, 6) is 0.502. The Morgan fingerprint density at radius 3 is 2.73 bits per heavy atom. The van der Waals surface area contributed by atoms with Crippen LogP contribution in [0, 0.1) is 23.2 Å². The fourth-order valence-electron chi connectivity index (χ4n) is 2.95. The third kappa shape index (κ3) is 0.461. The Morgan fingerprint density at radius 2 is 2.45 bits per heavy atom. The number of aliphatic carboxylic acids is 1. The smallest absolute Gasteiger partial charge is 0.306 e. The van der Waals surface area contributed by atoms with Crippen molar-refractivity contribution in [2.75, 3.05) is 0 Å². The standard InChI is InChI=1S/C9H10O2/c10-8(11)6-3-5-1-2-9(5)4-7(6)9/h1-2,5-7H,3-4H2,(H,10,11)/t5-,6-,7?,9?/m0/s1. The van der Waals surface area contributed by atoms with Crippen LogP contribution in [0.1, 0.15) is 12.8 Å². The van der Waals surface area contributed by atoms with Crippen LogP contribution in [0.2, 0.25) is 0 Å². The zero-order valence-electron chi connectivity index (χ0n) is 6.16. The predicted molar refractivity (Wildman–Crippen MR) is 38.9 cm³/mol. The number of carboxylic acids is 1. The normalized spacial score (nSPS) is 56.2. The molecule has 2 fully saturated rings. The van der Waals surface area contributed by atoms with Crippen molar-refractivity contribution in [2.45, 2.75) is 12.8 Å². The average molecular weight is 150 g/mol. The van der Waals surface area contributed by atoms with Gasteiger partial charge in [0.05, 0.1) is 5.92 Å². The lowest BCUT2D eigenvalue weighted by molar-refractivity contribution is -0.142. The molecule has 0 aromatic heterocycles. The first-order chi connectivity index (χ1) is 5.24. The molecule has 0 aliphatic heterocycles. The molecule has 2 saturated carbocycles. The molecule has 0 amide bonds.